The normalized spacial score (nSPS) is 15.9. The molecule has 0 bridgehead atoms. The van der Waals surface area contributed by atoms with E-state index in [0.29, 0.717) is 29.3 Å². The van der Waals surface area contributed by atoms with Gasteiger partial charge < -0.3 is 10.1 Å². The Morgan fingerprint density at radius 2 is 1.83 bits per heavy atom. The monoisotopic (exact) mass is 456 g/mol. The van der Waals surface area contributed by atoms with E-state index in [9.17, 15) is 13.2 Å². The Hall–Kier alpha value is -1.80. The number of rotatable bonds is 5. The first-order valence-corrected chi connectivity index (χ1v) is 11.3. The van der Waals surface area contributed by atoms with Crippen LogP contribution in [0.3, 0.4) is 0 Å². The molecule has 0 aromatic heterocycles. The number of piperidine rings is 1. The quantitative estimate of drug-likeness (QED) is 0.725. The van der Waals surface area contributed by atoms with E-state index >= 15 is 0 Å². The molecule has 1 fully saturated rings. The average molecular weight is 457 g/mol. The fraction of sp³-hybridized carbons (Fsp3) is 0.350. The van der Waals surface area contributed by atoms with Crippen LogP contribution in [0.15, 0.2) is 41.3 Å². The second kappa shape index (κ2) is 8.92. The van der Waals surface area contributed by atoms with Gasteiger partial charge >= 0.3 is 0 Å². The highest BCUT2D eigenvalue weighted by molar-refractivity contribution is 7.89. The van der Waals surface area contributed by atoms with Gasteiger partial charge in [0.05, 0.1) is 17.0 Å². The molecule has 2 aromatic carbocycles. The zero-order valence-corrected chi connectivity index (χ0v) is 18.4. The Kier molecular flexibility index (Phi) is 6.73. The molecular weight excluding hydrogens is 435 g/mol. The second-order valence-corrected chi connectivity index (χ2v) is 9.70. The van der Waals surface area contributed by atoms with Crippen molar-refractivity contribution in [3.63, 3.8) is 0 Å². The maximum Gasteiger partial charge on any atom is 0.243 e. The number of anilines is 1. The van der Waals surface area contributed by atoms with Crippen molar-refractivity contribution in [3.05, 3.63) is 52.0 Å². The van der Waals surface area contributed by atoms with Crippen molar-refractivity contribution >= 4 is 44.8 Å². The lowest BCUT2D eigenvalue weighted by Gasteiger charge is -2.30. The van der Waals surface area contributed by atoms with Gasteiger partial charge in [0, 0.05) is 29.7 Å². The number of carbonyl (C=O) groups is 1. The van der Waals surface area contributed by atoms with Crippen molar-refractivity contribution < 1.29 is 17.9 Å². The second-order valence-electron chi connectivity index (χ2n) is 6.92. The van der Waals surface area contributed by atoms with Gasteiger partial charge in [-0.05, 0) is 61.7 Å². The number of nitrogens with one attached hydrogen (secondary N) is 1. The van der Waals surface area contributed by atoms with Gasteiger partial charge in [-0.15, -0.1) is 0 Å². The van der Waals surface area contributed by atoms with Crippen LogP contribution in [-0.2, 0) is 14.8 Å². The molecule has 0 spiro atoms. The van der Waals surface area contributed by atoms with Crippen molar-refractivity contribution in [3.8, 4) is 5.75 Å². The van der Waals surface area contributed by atoms with E-state index in [1.54, 1.807) is 18.2 Å². The third kappa shape index (κ3) is 4.86. The van der Waals surface area contributed by atoms with Crippen molar-refractivity contribution in [2.45, 2.75) is 24.7 Å². The highest BCUT2D eigenvalue weighted by atomic mass is 35.5. The summed E-state index contributed by atoms with van der Waals surface area (Å²) in [6.07, 6.45) is 0.892. The molecule has 1 heterocycles. The lowest BCUT2D eigenvalue weighted by atomic mass is 9.97. The highest BCUT2D eigenvalue weighted by Gasteiger charge is 2.32. The first kappa shape index (κ1) is 21.9. The highest BCUT2D eigenvalue weighted by Crippen LogP contribution is 2.30. The molecule has 0 radical (unpaired) electrons. The van der Waals surface area contributed by atoms with Crippen LogP contribution in [0.1, 0.15) is 18.4 Å². The number of amides is 1. The number of halogens is 2. The van der Waals surface area contributed by atoms with Crippen LogP contribution in [0, 0.1) is 12.8 Å². The Bertz CT molecular complexity index is 1020. The molecule has 0 unspecified atom stereocenters. The molecule has 156 valence electrons. The van der Waals surface area contributed by atoms with Gasteiger partial charge in [-0.2, -0.15) is 4.31 Å². The van der Waals surface area contributed by atoms with E-state index < -0.39 is 10.0 Å². The third-order valence-electron chi connectivity index (χ3n) is 5.03. The Morgan fingerprint density at radius 3 is 2.41 bits per heavy atom. The standard InChI is InChI=1S/C20H22Cl2N2O4S/c1-13-11-15(21)3-5-18(13)23-20(25)14-7-9-24(10-8-14)29(26,27)16-4-6-19(28-2)17(22)12-16/h3-6,11-12,14H,7-10H2,1-2H3,(H,23,25). The smallest absolute Gasteiger partial charge is 0.243 e. The first-order chi connectivity index (χ1) is 13.7. The van der Waals surface area contributed by atoms with Gasteiger partial charge in [0.1, 0.15) is 5.75 Å². The summed E-state index contributed by atoms with van der Waals surface area (Å²) in [5, 5.41) is 3.76. The van der Waals surface area contributed by atoms with Crippen molar-refractivity contribution in [2.24, 2.45) is 5.92 Å². The number of hydrogen-bond donors (Lipinski definition) is 1. The van der Waals surface area contributed by atoms with Crippen LogP contribution in [0.25, 0.3) is 0 Å². The summed E-state index contributed by atoms with van der Waals surface area (Å²) < 4.78 is 32.3. The average Bonchev–Trinajstić information content (AvgIpc) is 2.70. The van der Waals surface area contributed by atoms with E-state index in [4.69, 9.17) is 27.9 Å². The molecule has 0 aliphatic carbocycles. The van der Waals surface area contributed by atoms with Crippen molar-refractivity contribution in [1.82, 2.24) is 4.31 Å². The summed E-state index contributed by atoms with van der Waals surface area (Å²) in [7, 11) is -2.21. The molecule has 0 atom stereocenters. The van der Waals surface area contributed by atoms with Gasteiger partial charge in [-0.1, -0.05) is 23.2 Å². The minimum atomic E-state index is -3.68. The number of benzene rings is 2. The van der Waals surface area contributed by atoms with E-state index in [1.165, 1.54) is 29.6 Å². The molecule has 1 aliphatic rings. The minimum absolute atomic E-state index is 0.111. The summed E-state index contributed by atoms with van der Waals surface area (Å²) in [5.41, 5.74) is 1.59. The number of methoxy groups -OCH3 is 1. The maximum atomic E-state index is 12.9. The molecule has 1 aliphatic heterocycles. The molecule has 2 aromatic rings. The number of hydrogen-bond acceptors (Lipinski definition) is 4. The van der Waals surface area contributed by atoms with Crippen LogP contribution in [-0.4, -0.2) is 38.8 Å². The van der Waals surface area contributed by atoms with E-state index in [1.807, 2.05) is 6.92 Å². The maximum absolute atomic E-state index is 12.9. The Balaban J connectivity index is 1.65. The Morgan fingerprint density at radius 1 is 1.14 bits per heavy atom. The molecule has 29 heavy (non-hydrogen) atoms. The van der Waals surface area contributed by atoms with Crippen LogP contribution in [0.2, 0.25) is 10.0 Å². The fourth-order valence-corrected chi connectivity index (χ4v) is 5.36. The SMILES string of the molecule is COc1ccc(S(=O)(=O)N2CCC(C(=O)Nc3ccc(Cl)cc3C)CC2)cc1Cl. The fourth-order valence-electron chi connectivity index (χ4n) is 3.32. The lowest BCUT2D eigenvalue weighted by molar-refractivity contribution is -0.120. The van der Waals surface area contributed by atoms with Gasteiger partial charge in [-0.25, -0.2) is 8.42 Å². The van der Waals surface area contributed by atoms with Gasteiger partial charge in [-0.3, -0.25) is 4.79 Å². The summed E-state index contributed by atoms with van der Waals surface area (Å²) in [6.45, 7) is 2.41. The molecule has 1 saturated heterocycles. The molecule has 1 N–H and O–H groups in total. The molecule has 1 amide bonds. The van der Waals surface area contributed by atoms with Crippen molar-refractivity contribution in [1.29, 1.82) is 0 Å². The first-order valence-electron chi connectivity index (χ1n) is 9.13. The summed E-state index contributed by atoms with van der Waals surface area (Å²) >= 11 is 12.0. The lowest BCUT2D eigenvalue weighted by Crippen LogP contribution is -2.41. The predicted octanol–water partition coefficient (Wildman–Crippen LogP) is 4.35. The molecule has 6 nitrogen and oxygen atoms in total. The van der Waals surface area contributed by atoms with E-state index in [0.717, 1.165) is 5.56 Å². The predicted molar refractivity (Wildman–Crippen MR) is 114 cm³/mol. The third-order valence-corrected chi connectivity index (χ3v) is 7.46. The van der Waals surface area contributed by atoms with Crippen LogP contribution >= 0.6 is 23.2 Å². The number of aryl methyl sites for hydroxylation is 1. The zero-order chi connectivity index (χ0) is 21.2. The van der Waals surface area contributed by atoms with E-state index in [2.05, 4.69) is 5.32 Å². The van der Waals surface area contributed by atoms with Crippen LogP contribution in [0.5, 0.6) is 5.75 Å². The van der Waals surface area contributed by atoms with Gasteiger partial charge in [0.25, 0.3) is 0 Å². The number of sulfonamides is 1. The zero-order valence-electron chi connectivity index (χ0n) is 16.1. The number of carbonyl (C=O) groups excluding carboxylic acids is 1. The summed E-state index contributed by atoms with van der Waals surface area (Å²) in [5.74, 6) is 0.0504. The van der Waals surface area contributed by atoms with Crippen molar-refractivity contribution in [2.75, 3.05) is 25.5 Å². The Labute approximate surface area is 180 Å². The van der Waals surface area contributed by atoms with Gasteiger partial charge in [0.2, 0.25) is 15.9 Å². The molecular formula is C20H22Cl2N2O4S. The number of ether oxygens (including phenoxy) is 1. The summed E-state index contributed by atoms with van der Waals surface area (Å²) in [4.78, 5) is 12.7. The van der Waals surface area contributed by atoms with Crippen LogP contribution in [0.4, 0.5) is 5.69 Å². The largest absolute Gasteiger partial charge is 0.495 e. The van der Waals surface area contributed by atoms with Crippen LogP contribution < -0.4 is 10.1 Å². The molecule has 9 heteroatoms. The minimum Gasteiger partial charge on any atom is -0.495 e. The molecule has 0 saturated carbocycles. The van der Waals surface area contributed by atoms with E-state index in [-0.39, 0.29) is 34.8 Å². The number of nitrogens with zero attached hydrogens (tertiary/aromatic N) is 1. The van der Waals surface area contributed by atoms with Gasteiger partial charge in [0.15, 0.2) is 0 Å². The summed E-state index contributed by atoms with van der Waals surface area (Å²) in [6, 6.07) is 9.66. The topological polar surface area (TPSA) is 75.7 Å². The molecule has 3 rings (SSSR count).